The van der Waals surface area contributed by atoms with Gasteiger partial charge in [0.05, 0.1) is 12.1 Å². The quantitative estimate of drug-likeness (QED) is 0.309. The zero-order chi connectivity index (χ0) is 30.6. The maximum atomic E-state index is 14.5. The predicted octanol–water partition coefficient (Wildman–Crippen LogP) is 4.79. The standard InChI is InChI=1S/C30H36F4N4O4/c1-20-14-21(16-23(15-20)30(32,33)34)19-42-29(41)37-13-11-27(39)38-25(10-6-7-12-35(2)3)28(40)36(18-26(37)38)17-22-8-4-5-9-24(22)31/h4-5,8-9,14-16,25-26H,6-7,10-13,17-19H2,1-3H3/t25-,26?/m0/s1. The normalized spacial score (nSPS) is 19.4. The lowest BCUT2D eigenvalue weighted by molar-refractivity contribution is -0.169. The number of hydrogen-bond donors (Lipinski definition) is 0. The van der Waals surface area contributed by atoms with Crippen LogP contribution in [0.2, 0.25) is 0 Å². The van der Waals surface area contributed by atoms with Crippen molar-refractivity contribution < 1.29 is 36.7 Å². The van der Waals surface area contributed by atoms with Gasteiger partial charge in [-0.25, -0.2) is 9.18 Å². The van der Waals surface area contributed by atoms with Gasteiger partial charge in [0.1, 0.15) is 24.6 Å². The molecule has 4 rings (SSSR count). The lowest BCUT2D eigenvalue weighted by atomic mass is 9.98. The number of hydrogen-bond acceptors (Lipinski definition) is 5. The van der Waals surface area contributed by atoms with Gasteiger partial charge in [0.25, 0.3) is 0 Å². The molecule has 2 fully saturated rings. The molecule has 2 saturated heterocycles. The first-order valence-corrected chi connectivity index (χ1v) is 13.9. The lowest BCUT2D eigenvalue weighted by Crippen LogP contribution is -2.71. The van der Waals surface area contributed by atoms with Crippen molar-refractivity contribution in [2.24, 2.45) is 0 Å². The number of alkyl halides is 3. The van der Waals surface area contributed by atoms with Crippen LogP contribution in [0.3, 0.4) is 0 Å². The number of benzene rings is 2. The highest BCUT2D eigenvalue weighted by molar-refractivity contribution is 5.90. The molecule has 2 aliphatic rings. The predicted molar refractivity (Wildman–Crippen MR) is 146 cm³/mol. The number of piperazine rings is 1. The zero-order valence-electron chi connectivity index (χ0n) is 24.0. The molecule has 3 amide bonds. The zero-order valence-corrected chi connectivity index (χ0v) is 24.0. The highest BCUT2D eigenvalue weighted by atomic mass is 19.4. The molecule has 0 bridgehead atoms. The number of amides is 3. The van der Waals surface area contributed by atoms with E-state index in [1.165, 1.54) is 33.8 Å². The maximum Gasteiger partial charge on any atom is 0.416 e. The van der Waals surface area contributed by atoms with E-state index in [2.05, 4.69) is 0 Å². The highest BCUT2D eigenvalue weighted by Crippen LogP contribution is 2.32. The molecular weight excluding hydrogens is 556 g/mol. The summed E-state index contributed by atoms with van der Waals surface area (Å²) in [6.45, 7) is 1.86. The number of rotatable bonds is 9. The van der Waals surface area contributed by atoms with E-state index in [1.54, 1.807) is 18.2 Å². The van der Waals surface area contributed by atoms with Gasteiger partial charge in [0.15, 0.2) is 0 Å². The van der Waals surface area contributed by atoms with E-state index in [1.807, 2.05) is 19.0 Å². The monoisotopic (exact) mass is 592 g/mol. The van der Waals surface area contributed by atoms with Gasteiger partial charge in [0, 0.05) is 25.1 Å². The third kappa shape index (κ3) is 7.39. The van der Waals surface area contributed by atoms with E-state index in [4.69, 9.17) is 4.74 Å². The number of unbranched alkanes of at least 4 members (excludes halogenated alkanes) is 1. The van der Waals surface area contributed by atoms with E-state index in [0.29, 0.717) is 24.0 Å². The molecule has 2 atom stereocenters. The number of carbonyl (C=O) groups excluding carboxylic acids is 3. The molecule has 1 unspecified atom stereocenters. The average molecular weight is 593 g/mol. The molecule has 12 heteroatoms. The number of halogens is 4. The van der Waals surface area contributed by atoms with Crippen molar-refractivity contribution in [2.75, 3.05) is 33.7 Å². The molecule has 0 radical (unpaired) electrons. The highest BCUT2D eigenvalue weighted by Gasteiger charge is 2.49. The Morgan fingerprint density at radius 2 is 1.83 bits per heavy atom. The first kappa shape index (κ1) is 31.3. The molecule has 0 aliphatic carbocycles. The van der Waals surface area contributed by atoms with Crippen LogP contribution in [-0.2, 0) is 33.7 Å². The van der Waals surface area contributed by atoms with Gasteiger partial charge in [-0.05, 0) is 70.6 Å². The fourth-order valence-corrected chi connectivity index (χ4v) is 5.55. The minimum atomic E-state index is -4.55. The Balaban J connectivity index is 1.56. The van der Waals surface area contributed by atoms with Gasteiger partial charge < -0.3 is 19.4 Å². The van der Waals surface area contributed by atoms with Gasteiger partial charge in [-0.15, -0.1) is 0 Å². The maximum absolute atomic E-state index is 14.5. The largest absolute Gasteiger partial charge is 0.444 e. The minimum Gasteiger partial charge on any atom is -0.444 e. The van der Waals surface area contributed by atoms with Crippen molar-refractivity contribution in [3.05, 3.63) is 70.5 Å². The Kier molecular flexibility index (Phi) is 9.75. The third-order valence-electron chi connectivity index (χ3n) is 7.56. The molecule has 0 aromatic heterocycles. The number of ether oxygens (including phenoxy) is 1. The van der Waals surface area contributed by atoms with Gasteiger partial charge in [-0.3, -0.25) is 14.5 Å². The summed E-state index contributed by atoms with van der Waals surface area (Å²) in [7, 11) is 3.88. The molecule has 2 heterocycles. The second-order valence-electron chi connectivity index (χ2n) is 11.1. The summed E-state index contributed by atoms with van der Waals surface area (Å²) in [6, 6.07) is 8.72. The van der Waals surface area contributed by atoms with Crippen molar-refractivity contribution in [3.8, 4) is 0 Å². The van der Waals surface area contributed by atoms with Gasteiger partial charge >= 0.3 is 12.3 Å². The van der Waals surface area contributed by atoms with Crippen LogP contribution >= 0.6 is 0 Å². The Hall–Kier alpha value is -3.67. The minimum absolute atomic E-state index is 0.0233. The van der Waals surface area contributed by atoms with E-state index < -0.39 is 42.5 Å². The first-order chi connectivity index (χ1) is 19.8. The molecule has 0 spiro atoms. The number of nitrogens with zero attached hydrogens (tertiary/aromatic N) is 4. The Labute approximate surface area is 242 Å². The smallest absolute Gasteiger partial charge is 0.416 e. The van der Waals surface area contributed by atoms with Crippen LogP contribution in [0.15, 0.2) is 42.5 Å². The van der Waals surface area contributed by atoms with Crippen LogP contribution in [0.5, 0.6) is 0 Å². The number of aryl methyl sites for hydroxylation is 1. The number of fused-ring (bicyclic) bond motifs is 1. The summed E-state index contributed by atoms with van der Waals surface area (Å²) in [5.74, 6) is -1.06. The van der Waals surface area contributed by atoms with Gasteiger partial charge in [-0.1, -0.05) is 29.8 Å². The van der Waals surface area contributed by atoms with Crippen molar-refractivity contribution in [3.63, 3.8) is 0 Å². The van der Waals surface area contributed by atoms with Gasteiger partial charge in [0.2, 0.25) is 11.8 Å². The Bertz CT molecular complexity index is 1300. The molecule has 42 heavy (non-hydrogen) atoms. The summed E-state index contributed by atoms with van der Waals surface area (Å²) >= 11 is 0. The fourth-order valence-electron chi connectivity index (χ4n) is 5.55. The number of carbonyl (C=O) groups is 3. The summed E-state index contributed by atoms with van der Waals surface area (Å²) in [6.07, 6.45) is -4.42. The molecule has 2 aromatic carbocycles. The van der Waals surface area contributed by atoms with E-state index >= 15 is 0 Å². The molecule has 0 N–H and O–H groups in total. The summed E-state index contributed by atoms with van der Waals surface area (Å²) in [4.78, 5) is 46.4. The summed E-state index contributed by atoms with van der Waals surface area (Å²) in [5.41, 5.74) is 0.0218. The van der Waals surface area contributed by atoms with Crippen molar-refractivity contribution in [1.82, 2.24) is 19.6 Å². The second kappa shape index (κ2) is 13.1. The van der Waals surface area contributed by atoms with Crippen molar-refractivity contribution in [2.45, 2.75) is 64.1 Å². The average Bonchev–Trinajstić information content (AvgIpc) is 2.92. The van der Waals surface area contributed by atoms with E-state index in [-0.39, 0.29) is 43.4 Å². The Morgan fingerprint density at radius 3 is 2.52 bits per heavy atom. The van der Waals surface area contributed by atoms with Crippen LogP contribution in [0.1, 0.15) is 47.9 Å². The molecule has 8 nitrogen and oxygen atoms in total. The summed E-state index contributed by atoms with van der Waals surface area (Å²) in [5, 5.41) is 0. The van der Waals surface area contributed by atoms with Gasteiger partial charge in [-0.2, -0.15) is 13.2 Å². The van der Waals surface area contributed by atoms with Crippen molar-refractivity contribution in [1.29, 1.82) is 0 Å². The van der Waals surface area contributed by atoms with Crippen LogP contribution < -0.4 is 0 Å². The topological polar surface area (TPSA) is 73.4 Å². The van der Waals surface area contributed by atoms with Crippen LogP contribution in [0.4, 0.5) is 22.4 Å². The second-order valence-corrected chi connectivity index (χ2v) is 11.1. The van der Waals surface area contributed by atoms with Crippen LogP contribution in [0.25, 0.3) is 0 Å². The molecule has 0 saturated carbocycles. The first-order valence-electron chi connectivity index (χ1n) is 13.9. The SMILES string of the molecule is Cc1cc(COC(=O)N2CCC(=O)N3C2CN(Cc2ccccc2F)C(=O)[C@@H]3CCCCN(C)C)cc(C(F)(F)F)c1. The van der Waals surface area contributed by atoms with Crippen LogP contribution in [0, 0.1) is 12.7 Å². The van der Waals surface area contributed by atoms with E-state index in [0.717, 1.165) is 25.1 Å². The van der Waals surface area contributed by atoms with Crippen molar-refractivity contribution >= 4 is 17.9 Å². The lowest BCUT2D eigenvalue weighted by Gasteiger charge is -2.52. The fraction of sp³-hybridized carbons (Fsp3) is 0.500. The third-order valence-corrected chi connectivity index (χ3v) is 7.56. The Morgan fingerprint density at radius 1 is 1.10 bits per heavy atom. The molecule has 2 aromatic rings. The molecular formula is C30H36F4N4O4. The van der Waals surface area contributed by atoms with E-state index in [9.17, 15) is 31.9 Å². The summed E-state index contributed by atoms with van der Waals surface area (Å²) < 4.78 is 59.8. The molecule has 2 aliphatic heterocycles. The van der Waals surface area contributed by atoms with Crippen LogP contribution in [-0.4, -0.2) is 83.4 Å². The molecule has 228 valence electrons.